The van der Waals surface area contributed by atoms with Crippen LogP contribution in [0.5, 0.6) is 11.5 Å². The van der Waals surface area contributed by atoms with Crippen LogP contribution in [-0.4, -0.2) is 64.8 Å². The van der Waals surface area contributed by atoms with E-state index in [1.807, 2.05) is 0 Å². The molecule has 0 N–H and O–H groups in total. The molecule has 0 atom stereocenters. The second kappa shape index (κ2) is 9.14. The highest BCUT2D eigenvalue weighted by atomic mass is 19.2. The van der Waals surface area contributed by atoms with Gasteiger partial charge in [-0.1, -0.05) is 4.48 Å². The lowest BCUT2D eigenvalue weighted by Gasteiger charge is -2.32. The highest BCUT2D eigenvalue weighted by Gasteiger charge is 2.23. The van der Waals surface area contributed by atoms with Crippen molar-refractivity contribution in [3.63, 3.8) is 0 Å². The number of hydrogen-bond acceptors (Lipinski definition) is 8. The minimum Gasteiger partial charge on any atom is -0.455 e. The number of ether oxygens (including phenoxy) is 2. The van der Waals surface area contributed by atoms with E-state index >= 15 is 0 Å². The van der Waals surface area contributed by atoms with Gasteiger partial charge in [-0.25, -0.2) is 19.7 Å². The second-order valence-corrected chi connectivity index (χ2v) is 8.86. The molecular weight excluding hydrogens is 427 g/mol. The van der Waals surface area contributed by atoms with E-state index in [0.717, 1.165) is 32.0 Å². The molecule has 4 rings (SSSR count). The number of pyridine rings is 1. The average molecular weight is 455 g/mol. The van der Waals surface area contributed by atoms with Crippen LogP contribution < -0.4 is 14.8 Å². The van der Waals surface area contributed by atoms with Crippen LogP contribution in [0.2, 0.25) is 0 Å². The number of piperazine rings is 1. The van der Waals surface area contributed by atoms with Crippen molar-refractivity contribution in [3.05, 3.63) is 42.7 Å². The number of fused-ring (bicyclic) bond motifs is 1. The van der Waals surface area contributed by atoms with Crippen LogP contribution >= 0.6 is 0 Å². The van der Waals surface area contributed by atoms with Crippen LogP contribution in [-0.2, 0) is 4.74 Å². The van der Waals surface area contributed by atoms with Crippen LogP contribution in [0.4, 0.5) is 20.8 Å². The van der Waals surface area contributed by atoms with Gasteiger partial charge in [-0.2, -0.15) is 0 Å². The SMILES string of the molecule is CN1CCN(c2cnc3c(Oc4ccc(N(F)C(=O)OC(C)(C)C)cc4)ccnc3n2)CC1. The van der Waals surface area contributed by atoms with Gasteiger partial charge in [-0.15, -0.1) is 5.12 Å². The van der Waals surface area contributed by atoms with Gasteiger partial charge in [0.2, 0.25) is 0 Å². The number of rotatable bonds is 4. The van der Waals surface area contributed by atoms with Gasteiger partial charge in [0.15, 0.2) is 16.9 Å². The Balaban J connectivity index is 1.49. The Morgan fingerprint density at radius 3 is 2.42 bits per heavy atom. The minimum atomic E-state index is -1.08. The van der Waals surface area contributed by atoms with E-state index in [0.29, 0.717) is 22.7 Å². The van der Waals surface area contributed by atoms with Crippen molar-refractivity contribution in [2.45, 2.75) is 26.4 Å². The number of halogens is 1. The van der Waals surface area contributed by atoms with Gasteiger partial charge >= 0.3 is 6.09 Å². The maximum Gasteiger partial charge on any atom is 0.443 e. The molecule has 0 saturated carbocycles. The van der Waals surface area contributed by atoms with Gasteiger partial charge in [0.05, 0.1) is 11.9 Å². The van der Waals surface area contributed by atoms with Gasteiger partial charge in [0.1, 0.15) is 17.2 Å². The predicted molar refractivity (Wildman–Crippen MR) is 123 cm³/mol. The number of nitrogens with zero attached hydrogens (tertiary/aromatic N) is 6. The number of likely N-dealkylation sites (N-methyl/N-ethyl adjacent to an activating group) is 1. The molecule has 0 bridgehead atoms. The van der Waals surface area contributed by atoms with Gasteiger partial charge < -0.3 is 19.3 Å². The largest absolute Gasteiger partial charge is 0.455 e. The standard InChI is InChI=1S/C23H27FN6O3/c1-23(2,3)33-22(31)30(24)16-5-7-17(8-6-16)32-18-9-10-25-21-20(18)26-15-19(27-21)29-13-11-28(4)12-14-29/h5-10,15H,11-14H2,1-4H3. The molecule has 1 aliphatic heterocycles. The van der Waals surface area contributed by atoms with E-state index in [1.54, 1.807) is 51.4 Å². The van der Waals surface area contributed by atoms with E-state index in [1.165, 1.54) is 12.1 Å². The number of carbonyl (C=O) groups is 1. The Kier molecular flexibility index (Phi) is 6.28. The third-order valence-electron chi connectivity index (χ3n) is 5.07. The van der Waals surface area contributed by atoms with Crippen molar-refractivity contribution in [1.29, 1.82) is 0 Å². The summed E-state index contributed by atoms with van der Waals surface area (Å²) in [4.78, 5) is 29.9. The quantitative estimate of drug-likeness (QED) is 0.543. The van der Waals surface area contributed by atoms with Gasteiger partial charge in [0, 0.05) is 38.4 Å². The molecule has 9 nitrogen and oxygen atoms in total. The Labute approximate surface area is 191 Å². The Morgan fingerprint density at radius 2 is 1.76 bits per heavy atom. The summed E-state index contributed by atoms with van der Waals surface area (Å²) in [6.07, 6.45) is 2.26. The van der Waals surface area contributed by atoms with E-state index in [-0.39, 0.29) is 10.8 Å². The highest BCUT2D eigenvalue weighted by Crippen LogP contribution is 2.29. The normalized spacial score (nSPS) is 14.9. The predicted octanol–water partition coefficient (Wildman–Crippen LogP) is 4.19. The smallest absolute Gasteiger partial charge is 0.443 e. The molecule has 174 valence electrons. The van der Waals surface area contributed by atoms with Crippen molar-refractivity contribution < 1.29 is 18.7 Å². The second-order valence-electron chi connectivity index (χ2n) is 8.86. The summed E-state index contributed by atoms with van der Waals surface area (Å²) in [6, 6.07) is 7.68. The number of anilines is 2. The molecule has 1 fully saturated rings. The molecule has 10 heteroatoms. The first kappa shape index (κ1) is 22.7. The van der Waals surface area contributed by atoms with Crippen molar-refractivity contribution in [1.82, 2.24) is 19.9 Å². The van der Waals surface area contributed by atoms with Crippen molar-refractivity contribution in [2.24, 2.45) is 0 Å². The molecule has 1 aromatic carbocycles. The fourth-order valence-corrected chi connectivity index (χ4v) is 3.34. The zero-order valence-electron chi connectivity index (χ0n) is 19.2. The number of benzene rings is 1. The highest BCUT2D eigenvalue weighted by molar-refractivity contribution is 5.85. The maximum atomic E-state index is 14.3. The van der Waals surface area contributed by atoms with Crippen LogP contribution in [0.3, 0.4) is 0 Å². The molecule has 0 spiro atoms. The minimum absolute atomic E-state index is 0.0350. The summed E-state index contributed by atoms with van der Waals surface area (Å²) >= 11 is 0. The van der Waals surface area contributed by atoms with Crippen LogP contribution in [0.1, 0.15) is 20.8 Å². The molecule has 33 heavy (non-hydrogen) atoms. The third kappa shape index (κ3) is 5.46. The van der Waals surface area contributed by atoms with E-state index < -0.39 is 11.7 Å². The molecule has 3 heterocycles. The molecular formula is C23H27FN6O3. The molecule has 1 aliphatic rings. The zero-order valence-corrected chi connectivity index (χ0v) is 19.2. The average Bonchev–Trinajstić information content (AvgIpc) is 2.78. The molecule has 1 saturated heterocycles. The van der Waals surface area contributed by atoms with Gasteiger partial charge in [-0.3, -0.25) is 0 Å². The lowest BCUT2D eigenvalue weighted by molar-refractivity contribution is 0.0501. The molecule has 0 radical (unpaired) electrons. The van der Waals surface area contributed by atoms with Crippen LogP contribution in [0.25, 0.3) is 11.2 Å². The topological polar surface area (TPSA) is 83.9 Å². The number of hydrogen-bond donors (Lipinski definition) is 0. The van der Waals surface area contributed by atoms with Gasteiger partial charge in [0.25, 0.3) is 0 Å². The summed E-state index contributed by atoms with van der Waals surface area (Å²) in [6.45, 7) is 8.72. The fraction of sp³-hybridized carbons (Fsp3) is 0.391. The Morgan fingerprint density at radius 1 is 1.06 bits per heavy atom. The monoisotopic (exact) mass is 454 g/mol. The summed E-state index contributed by atoms with van der Waals surface area (Å²) in [5.74, 6) is 1.72. The lowest BCUT2D eigenvalue weighted by atomic mass is 10.2. The maximum absolute atomic E-state index is 14.3. The van der Waals surface area contributed by atoms with Crippen LogP contribution in [0.15, 0.2) is 42.7 Å². The number of amides is 1. The molecule has 2 aromatic heterocycles. The Bertz CT molecular complexity index is 1130. The first-order chi connectivity index (χ1) is 15.7. The molecule has 0 aliphatic carbocycles. The summed E-state index contributed by atoms with van der Waals surface area (Å²) < 4.78 is 25.3. The van der Waals surface area contributed by atoms with Crippen LogP contribution in [0, 0.1) is 0 Å². The third-order valence-corrected chi connectivity index (χ3v) is 5.07. The summed E-state index contributed by atoms with van der Waals surface area (Å²) in [5, 5.41) is -0.0395. The van der Waals surface area contributed by atoms with Gasteiger partial charge in [-0.05, 0) is 52.1 Å². The van der Waals surface area contributed by atoms with Crippen molar-refractivity contribution in [2.75, 3.05) is 43.2 Å². The number of aromatic nitrogens is 3. The Hall–Kier alpha value is -3.53. The van der Waals surface area contributed by atoms with Crippen molar-refractivity contribution >= 4 is 28.8 Å². The van der Waals surface area contributed by atoms with E-state index in [9.17, 15) is 9.28 Å². The fourth-order valence-electron chi connectivity index (χ4n) is 3.34. The summed E-state index contributed by atoms with van der Waals surface area (Å²) in [7, 11) is 2.10. The lowest BCUT2D eigenvalue weighted by Crippen LogP contribution is -2.44. The first-order valence-corrected chi connectivity index (χ1v) is 10.7. The molecule has 1 amide bonds. The molecule has 3 aromatic rings. The van der Waals surface area contributed by atoms with E-state index in [4.69, 9.17) is 9.47 Å². The zero-order chi connectivity index (χ0) is 23.6. The summed E-state index contributed by atoms with van der Waals surface area (Å²) in [5.41, 5.74) is 0.256. The van der Waals surface area contributed by atoms with Crippen molar-refractivity contribution in [3.8, 4) is 11.5 Å². The first-order valence-electron chi connectivity index (χ1n) is 10.7. The number of carbonyl (C=O) groups excluding carboxylic acids is 1. The van der Waals surface area contributed by atoms with E-state index in [2.05, 4.69) is 31.8 Å². The molecule has 0 unspecified atom stereocenters.